The van der Waals surface area contributed by atoms with Crippen LogP contribution in [-0.2, 0) is 6.18 Å². The van der Waals surface area contributed by atoms with E-state index in [0.29, 0.717) is 5.71 Å². The maximum atomic E-state index is 12.8. The summed E-state index contributed by atoms with van der Waals surface area (Å²) >= 11 is 0. The van der Waals surface area contributed by atoms with Crippen molar-refractivity contribution in [2.24, 2.45) is 5.10 Å². The Labute approximate surface area is 134 Å². The molecule has 0 heterocycles. The van der Waals surface area contributed by atoms with E-state index in [-0.39, 0.29) is 12.1 Å². The molecule has 0 unspecified atom stereocenters. The summed E-state index contributed by atoms with van der Waals surface area (Å²) < 4.78 is 38.3. The maximum absolute atomic E-state index is 12.8. The molecule has 0 aromatic heterocycles. The average Bonchev–Trinajstić information content (AvgIpc) is 2.42. The minimum atomic E-state index is -4.96. The van der Waals surface area contributed by atoms with Gasteiger partial charge in [0, 0.05) is 12.1 Å². The second-order valence-corrected chi connectivity index (χ2v) is 4.99. The number of nitrogens with zero attached hydrogens (tertiary/aromatic N) is 3. The molecule has 1 rings (SSSR count). The lowest BCUT2D eigenvalue weighted by Crippen LogP contribution is -2.09. The van der Waals surface area contributed by atoms with Crippen molar-refractivity contribution in [1.82, 2.24) is 0 Å². The highest BCUT2D eigenvalue weighted by Gasteiger charge is 2.37. The van der Waals surface area contributed by atoms with Crippen molar-refractivity contribution in [2.45, 2.75) is 26.9 Å². The molecule has 0 bridgehead atoms. The van der Waals surface area contributed by atoms with Gasteiger partial charge in [0.2, 0.25) is 5.69 Å². The van der Waals surface area contributed by atoms with Crippen LogP contribution in [0.2, 0.25) is 0 Å². The van der Waals surface area contributed by atoms with Crippen LogP contribution < -0.4 is 5.43 Å². The fourth-order valence-electron chi connectivity index (χ4n) is 1.77. The molecule has 1 N–H and O–H groups in total. The number of benzene rings is 1. The molecular formula is C13H13F3N4O4. The van der Waals surface area contributed by atoms with Crippen LogP contribution in [0, 0.1) is 20.2 Å². The van der Waals surface area contributed by atoms with Gasteiger partial charge >= 0.3 is 17.6 Å². The molecule has 24 heavy (non-hydrogen) atoms. The van der Waals surface area contributed by atoms with Gasteiger partial charge in [-0.1, -0.05) is 5.57 Å². The van der Waals surface area contributed by atoms with Gasteiger partial charge in [0.25, 0.3) is 0 Å². The third-order valence-electron chi connectivity index (χ3n) is 2.66. The Kier molecular flexibility index (Phi) is 5.61. The molecule has 130 valence electrons. The second kappa shape index (κ2) is 7.06. The molecule has 0 radical (unpaired) electrons. The van der Waals surface area contributed by atoms with Crippen LogP contribution in [0.25, 0.3) is 0 Å². The number of allylic oxidation sites excluding steroid dienone is 2. The van der Waals surface area contributed by atoms with Crippen molar-refractivity contribution in [3.8, 4) is 0 Å². The summed E-state index contributed by atoms with van der Waals surface area (Å²) in [5.74, 6) is 0. The van der Waals surface area contributed by atoms with E-state index in [0.717, 1.165) is 5.57 Å². The molecule has 0 fully saturated rings. The zero-order valence-corrected chi connectivity index (χ0v) is 12.8. The molecule has 0 amide bonds. The third-order valence-corrected chi connectivity index (χ3v) is 2.66. The first-order valence-corrected chi connectivity index (χ1v) is 6.42. The molecule has 1 aromatic carbocycles. The lowest BCUT2D eigenvalue weighted by atomic mass is 10.1. The molecule has 0 aliphatic carbocycles. The Morgan fingerprint density at radius 1 is 1.12 bits per heavy atom. The van der Waals surface area contributed by atoms with Gasteiger partial charge in [0.15, 0.2) is 0 Å². The van der Waals surface area contributed by atoms with E-state index in [4.69, 9.17) is 0 Å². The van der Waals surface area contributed by atoms with E-state index >= 15 is 0 Å². The Hall–Kier alpha value is -2.98. The fourth-order valence-corrected chi connectivity index (χ4v) is 1.77. The van der Waals surface area contributed by atoms with Gasteiger partial charge in [-0.25, -0.2) is 0 Å². The number of anilines is 1. The van der Waals surface area contributed by atoms with Crippen molar-refractivity contribution in [3.63, 3.8) is 0 Å². The van der Waals surface area contributed by atoms with Crippen LogP contribution in [0.3, 0.4) is 0 Å². The van der Waals surface area contributed by atoms with Crippen LogP contribution in [0.4, 0.5) is 30.2 Å². The molecule has 0 aliphatic heterocycles. The van der Waals surface area contributed by atoms with Crippen molar-refractivity contribution < 1.29 is 23.0 Å². The molecule has 0 spiro atoms. The van der Waals surface area contributed by atoms with Crippen molar-refractivity contribution in [3.05, 3.63) is 49.6 Å². The number of rotatable bonds is 5. The molecule has 0 aliphatic rings. The molecular weight excluding hydrogens is 333 g/mol. The van der Waals surface area contributed by atoms with E-state index in [9.17, 15) is 33.4 Å². The number of hydrogen-bond acceptors (Lipinski definition) is 6. The van der Waals surface area contributed by atoms with Gasteiger partial charge in [-0.2, -0.15) is 18.3 Å². The summed E-state index contributed by atoms with van der Waals surface area (Å²) in [6, 6.07) is 0.447. The Bertz CT molecular complexity index is 702. The minimum absolute atomic E-state index is 0.223. The second-order valence-electron chi connectivity index (χ2n) is 4.99. The van der Waals surface area contributed by atoms with E-state index in [2.05, 4.69) is 10.5 Å². The Balaban J connectivity index is 3.54. The van der Waals surface area contributed by atoms with Gasteiger partial charge in [0.1, 0.15) is 0 Å². The predicted molar refractivity (Wildman–Crippen MR) is 80.9 cm³/mol. The molecule has 0 saturated carbocycles. The minimum Gasteiger partial charge on any atom is -0.266 e. The lowest BCUT2D eigenvalue weighted by Gasteiger charge is -2.09. The van der Waals surface area contributed by atoms with E-state index in [1.807, 2.05) is 0 Å². The van der Waals surface area contributed by atoms with Crippen LogP contribution >= 0.6 is 0 Å². The van der Waals surface area contributed by atoms with Crippen LogP contribution in [0.5, 0.6) is 0 Å². The number of nitro benzene ring substituents is 2. The Morgan fingerprint density at radius 2 is 1.58 bits per heavy atom. The molecule has 0 saturated heterocycles. The number of nitrogens with one attached hydrogen (secondary N) is 1. The standard InChI is InChI=1S/C13H13F3N4O4/c1-7(2)4-8(3)17-18-12-10(19(21)22)5-9(13(14,15)16)6-11(12)20(23)24/h4-6,18H,1-3H3/b17-8+. The van der Waals surface area contributed by atoms with Gasteiger partial charge in [-0.15, -0.1) is 0 Å². The van der Waals surface area contributed by atoms with Crippen molar-refractivity contribution >= 4 is 22.8 Å². The monoisotopic (exact) mass is 346 g/mol. The van der Waals surface area contributed by atoms with Gasteiger partial charge < -0.3 is 0 Å². The summed E-state index contributed by atoms with van der Waals surface area (Å²) in [6.45, 7) is 5.02. The zero-order chi connectivity index (χ0) is 18.7. The Morgan fingerprint density at radius 3 is 1.92 bits per heavy atom. The number of halogens is 3. The van der Waals surface area contributed by atoms with Gasteiger partial charge in [0.05, 0.1) is 21.1 Å². The maximum Gasteiger partial charge on any atom is 0.416 e. The highest BCUT2D eigenvalue weighted by atomic mass is 19.4. The number of alkyl halides is 3. The average molecular weight is 346 g/mol. The largest absolute Gasteiger partial charge is 0.416 e. The lowest BCUT2D eigenvalue weighted by molar-refractivity contribution is -0.392. The van der Waals surface area contributed by atoms with E-state index in [1.54, 1.807) is 19.9 Å². The topological polar surface area (TPSA) is 111 Å². The number of hydrazone groups is 1. The normalized spacial score (nSPS) is 11.8. The summed E-state index contributed by atoms with van der Waals surface area (Å²) in [6.07, 6.45) is -3.38. The molecule has 8 nitrogen and oxygen atoms in total. The number of nitro groups is 2. The predicted octanol–water partition coefficient (Wildman–Crippen LogP) is 4.28. The zero-order valence-electron chi connectivity index (χ0n) is 12.8. The van der Waals surface area contributed by atoms with Crippen LogP contribution in [0.1, 0.15) is 26.3 Å². The SMILES string of the molecule is CC(C)=C/C(C)=N/Nc1c([N+](=O)[O-])cc(C(F)(F)F)cc1[N+](=O)[O-]. The fraction of sp³-hybridized carbons (Fsp3) is 0.308. The van der Waals surface area contributed by atoms with E-state index < -0.39 is 38.6 Å². The highest BCUT2D eigenvalue weighted by molar-refractivity contribution is 5.94. The third kappa shape index (κ3) is 4.76. The summed E-state index contributed by atoms with van der Waals surface area (Å²) in [4.78, 5) is 19.7. The molecule has 11 heteroatoms. The van der Waals surface area contributed by atoms with Crippen molar-refractivity contribution in [2.75, 3.05) is 5.43 Å². The van der Waals surface area contributed by atoms with Crippen LogP contribution in [0.15, 0.2) is 28.9 Å². The van der Waals surface area contributed by atoms with Gasteiger partial charge in [-0.05, 0) is 26.8 Å². The first-order chi connectivity index (χ1) is 10.9. The summed E-state index contributed by atoms with van der Waals surface area (Å²) in [5, 5.41) is 25.7. The first-order valence-electron chi connectivity index (χ1n) is 6.42. The van der Waals surface area contributed by atoms with Crippen LogP contribution in [-0.4, -0.2) is 15.6 Å². The summed E-state index contributed by atoms with van der Waals surface area (Å²) in [7, 11) is 0. The van der Waals surface area contributed by atoms with Crippen molar-refractivity contribution in [1.29, 1.82) is 0 Å². The smallest absolute Gasteiger partial charge is 0.266 e. The quantitative estimate of drug-likeness (QED) is 0.486. The van der Waals surface area contributed by atoms with Gasteiger partial charge in [-0.3, -0.25) is 25.7 Å². The summed E-state index contributed by atoms with van der Waals surface area (Å²) in [5.41, 5.74) is -1.10. The molecule has 0 atom stereocenters. The number of hydrogen-bond donors (Lipinski definition) is 1. The van der Waals surface area contributed by atoms with E-state index in [1.165, 1.54) is 6.92 Å². The molecule has 1 aromatic rings. The first kappa shape index (κ1) is 19.1. The highest BCUT2D eigenvalue weighted by Crippen LogP contribution is 2.41.